The topological polar surface area (TPSA) is 124 Å². The third kappa shape index (κ3) is 3.11. The fourth-order valence-electron chi connectivity index (χ4n) is 4.67. The predicted molar refractivity (Wildman–Crippen MR) is 111 cm³/mol. The number of benzene rings is 1. The number of hydrogen-bond acceptors (Lipinski definition) is 8. The van der Waals surface area contributed by atoms with Crippen LogP contribution in [-0.2, 0) is 9.59 Å². The first kappa shape index (κ1) is 19.9. The Balaban J connectivity index is 1.42. The Hall–Kier alpha value is -4.08. The standard InChI is InChI=1S/C22H18N4O6/c1-31-16-4-2-3-14(20(16)32-17-8-7-15(11-23-17)26(29)30)10-24-25-21(27)18-12-5-6-13(9-12)19(18)22(25)28/h2-8,10-13,18-19H,9H2,1H3. The van der Waals surface area contributed by atoms with E-state index in [0.29, 0.717) is 11.3 Å². The van der Waals surface area contributed by atoms with E-state index in [9.17, 15) is 19.7 Å². The molecule has 4 atom stereocenters. The first-order valence-electron chi connectivity index (χ1n) is 10.0. The first-order valence-corrected chi connectivity index (χ1v) is 10.0. The Morgan fingerprint density at radius 2 is 1.88 bits per heavy atom. The molecule has 5 rings (SSSR count). The number of allylic oxidation sites excluding steroid dienone is 2. The van der Waals surface area contributed by atoms with Gasteiger partial charge in [-0.05, 0) is 30.4 Å². The number of carbonyl (C=O) groups excluding carboxylic acids is 2. The number of pyridine rings is 1. The highest BCUT2D eigenvalue weighted by Crippen LogP contribution is 2.52. The van der Waals surface area contributed by atoms with Gasteiger partial charge >= 0.3 is 0 Å². The van der Waals surface area contributed by atoms with Crippen LogP contribution in [0.3, 0.4) is 0 Å². The van der Waals surface area contributed by atoms with Crippen LogP contribution in [-0.4, -0.2) is 40.1 Å². The van der Waals surface area contributed by atoms with Gasteiger partial charge in [-0.15, -0.1) is 0 Å². The van der Waals surface area contributed by atoms with Crippen LogP contribution in [0, 0.1) is 33.8 Å². The van der Waals surface area contributed by atoms with Crippen molar-refractivity contribution in [1.82, 2.24) is 9.99 Å². The predicted octanol–water partition coefficient (Wildman–Crippen LogP) is 2.93. The number of aromatic nitrogens is 1. The maximum atomic E-state index is 12.8. The number of amides is 2. The van der Waals surface area contributed by atoms with Gasteiger partial charge in [0.2, 0.25) is 5.88 Å². The lowest BCUT2D eigenvalue weighted by molar-refractivity contribution is -0.385. The Kier molecular flexibility index (Phi) is 4.69. The van der Waals surface area contributed by atoms with E-state index in [-0.39, 0.29) is 52.8 Å². The zero-order valence-corrected chi connectivity index (χ0v) is 17.0. The summed E-state index contributed by atoms with van der Waals surface area (Å²) in [6.45, 7) is 0. The molecule has 1 aliphatic heterocycles. The van der Waals surface area contributed by atoms with E-state index >= 15 is 0 Å². The number of nitro groups is 1. The number of fused-ring (bicyclic) bond motifs is 5. The molecule has 10 nitrogen and oxygen atoms in total. The molecular weight excluding hydrogens is 416 g/mol. The second kappa shape index (κ2) is 7.56. The lowest BCUT2D eigenvalue weighted by Gasteiger charge is -2.13. The average Bonchev–Trinajstić information content (AvgIpc) is 3.48. The molecular formula is C22H18N4O6. The van der Waals surface area contributed by atoms with Gasteiger partial charge in [-0.3, -0.25) is 19.7 Å². The molecule has 10 heteroatoms. The fourth-order valence-corrected chi connectivity index (χ4v) is 4.67. The second-order valence-corrected chi connectivity index (χ2v) is 7.83. The van der Waals surface area contributed by atoms with Crippen molar-refractivity contribution in [3.8, 4) is 17.4 Å². The quantitative estimate of drug-likeness (QED) is 0.225. The van der Waals surface area contributed by atoms with Gasteiger partial charge in [-0.2, -0.15) is 10.1 Å². The highest BCUT2D eigenvalue weighted by molar-refractivity contribution is 6.07. The Labute approximate surface area is 182 Å². The van der Waals surface area contributed by atoms with E-state index in [4.69, 9.17) is 9.47 Å². The maximum Gasteiger partial charge on any atom is 0.287 e. The number of hydrazone groups is 1. The summed E-state index contributed by atoms with van der Waals surface area (Å²) in [4.78, 5) is 39.9. The maximum absolute atomic E-state index is 12.8. The van der Waals surface area contributed by atoms with Gasteiger partial charge in [-0.25, -0.2) is 4.98 Å². The summed E-state index contributed by atoms with van der Waals surface area (Å²) >= 11 is 0. The Morgan fingerprint density at radius 1 is 1.16 bits per heavy atom. The normalized spacial score (nSPS) is 25.6. The minimum Gasteiger partial charge on any atom is -0.493 e. The summed E-state index contributed by atoms with van der Waals surface area (Å²) in [5, 5.41) is 16.0. The smallest absolute Gasteiger partial charge is 0.287 e. The average molecular weight is 434 g/mol. The number of carbonyl (C=O) groups is 2. The van der Waals surface area contributed by atoms with Gasteiger partial charge in [0.15, 0.2) is 11.5 Å². The van der Waals surface area contributed by atoms with Gasteiger partial charge in [-0.1, -0.05) is 18.2 Å². The molecule has 0 radical (unpaired) electrons. The van der Waals surface area contributed by atoms with Crippen LogP contribution in [0.25, 0.3) is 0 Å². The van der Waals surface area contributed by atoms with E-state index in [1.807, 2.05) is 12.2 Å². The van der Waals surface area contributed by atoms with Gasteiger partial charge in [0, 0.05) is 17.7 Å². The molecule has 2 aliphatic carbocycles. The number of para-hydroxylation sites is 1. The molecule has 2 fully saturated rings. The molecule has 1 aromatic heterocycles. The van der Waals surface area contributed by atoms with Crippen LogP contribution in [0.4, 0.5) is 5.69 Å². The van der Waals surface area contributed by atoms with Gasteiger partial charge in [0.1, 0.15) is 6.20 Å². The number of nitrogens with zero attached hydrogens (tertiary/aromatic N) is 4. The molecule has 2 amide bonds. The summed E-state index contributed by atoms with van der Waals surface area (Å²) in [5.41, 5.74) is 0.280. The summed E-state index contributed by atoms with van der Waals surface area (Å²) in [6.07, 6.45) is 7.35. The van der Waals surface area contributed by atoms with Crippen molar-refractivity contribution in [1.29, 1.82) is 0 Å². The number of hydrogen-bond donors (Lipinski definition) is 0. The van der Waals surface area contributed by atoms with Crippen LogP contribution in [0.5, 0.6) is 17.4 Å². The van der Waals surface area contributed by atoms with E-state index in [2.05, 4.69) is 10.1 Å². The highest BCUT2D eigenvalue weighted by Gasteiger charge is 2.59. The second-order valence-electron chi connectivity index (χ2n) is 7.83. The van der Waals surface area contributed by atoms with E-state index in [1.54, 1.807) is 18.2 Å². The molecule has 32 heavy (non-hydrogen) atoms. The van der Waals surface area contributed by atoms with Gasteiger partial charge in [0.05, 0.1) is 30.1 Å². The van der Waals surface area contributed by atoms with Crippen LogP contribution in [0.1, 0.15) is 12.0 Å². The first-order chi connectivity index (χ1) is 15.5. The fraction of sp³-hybridized carbons (Fsp3) is 0.273. The monoisotopic (exact) mass is 434 g/mol. The van der Waals surface area contributed by atoms with Gasteiger partial charge in [0.25, 0.3) is 17.5 Å². The summed E-state index contributed by atoms with van der Waals surface area (Å²) < 4.78 is 11.2. The molecule has 0 N–H and O–H groups in total. The number of methoxy groups -OCH3 is 1. The highest BCUT2D eigenvalue weighted by atomic mass is 16.6. The van der Waals surface area contributed by atoms with Crippen molar-refractivity contribution in [2.75, 3.05) is 7.11 Å². The van der Waals surface area contributed by atoms with E-state index < -0.39 is 4.92 Å². The van der Waals surface area contributed by atoms with E-state index in [0.717, 1.165) is 17.6 Å². The van der Waals surface area contributed by atoms with Crippen LogP contribution in [0.2, 0.25) is 0 Å². The summed E-state index contributed by atoms with van der Waals surface area (Å²) in [5.74, 6) is -0.296. The zero-order chi connectivity index (χ0) is 22.4. The lowest BCUT2D eigenvalue weighted by atomic mass is 9.85. The number of imide groups is 1. The molecule has 2 bridgehead atoms. The molecule has 162 valence electrons. The molecule has 2 heterocycles. The molecule has 1 aromatic carbocycles. The zero-order valence-electron chi connectivity index (χ0n) is 17.0. The molecule has 0 spiro atoms. The molecule has 4 unspecified atom stereocenters. The molecule has 1 saturated heterocycles. The summed E-state index contributed by atoms with van der Waals surface area (Å²) in [6, 6.07) is 7.70. The van der Waals surface area contributed by atoms with Crippen LogP contribution in [0.15, 0.2) is 53.8 Å². The van der Waals surface area contributed by atoms with Gasteiger partial charge < -0.3 is 9.47 Å². The van der Waals surface area contributed by atoms with Crippen molar-refractivity contribution >= 4 is 23.7 Å². The minimum absolute atomic E-state index is 0.102. The number of rotatable bonds is 6. The Morgan fingerprint density at radius 3 is 2.47 bits per heavy atom. The lowest BCUT2D eigenvalue weighted by Crippen LogP contribution is -2.28. The van der Waals surface area contributed by atoms with Crippen molar-refractivity contribution in [3.05, 3.63) is 64.4 Å². The molecule has 1 saturated carbocycles. The van der Waals surface area contributed by atoms with Crippen molar-refractivity contribution < 1.29 is 24.0 Å². The largest absolute Gasteiger partial charge is 0.493 e. The SMILES string of the molecule is COc1cccc(C=NN2C(=O)C3C4C=CC(C4)C3C2=O)c1Oc1ccc([N+](=O)[O-])cn1. The Bertz CT molecular complexity index is 1150. The molecule has 2 aromatic rings. The number of ether oxygens (including phenoxy) is 2. The third-order valence-electron chi connectivity index (χ3n) is 6.13. The van der Waals surface area contributed by atoms with Crippen LogP contribution < -0.4 is 9.47 Å². The van der Waals surface area contributed by atoms with Crippen molar-refractivity contribution in [3.63, 3.8) is 0 Å². The van der Waals surface area contributed by atoms with Crippen molar-refractivity contribution in [2.24, 2.45) is 28.8 Å². The minimum atomic E-state index is -0.556. The summed E-state index contributed by atoms with van der Waals surface area (Å²) in [7, 11) is 1.46. The van der Waals surface area contributed by atoms with Crippen molar-refractivity contribution in [2.45, 2.75) is 6.42 Å². The van der Waals surface area contributed by atoms with Crippen LogP contribution >= 0.6 is 0 Å². The van der Waals surface area contributed by atoms with E-state index in [1.165, 1.54) is 25.5 Å². The molecule has 3 aliphatic rings. The third-order valence-corrected chi connectivity index (χ3v) is 6.13.